The monoisotopic (exact) mass is 370 g/mol. The summed E-state index contributed by atoms with van der Waals surface area (Å²) in [6, 6.07) is 4.50. The second kappa shape index (κ2) is 8.61. The fraction of sp³-hybridized carbons (Fsp3) is 0.412. The summed E-state index contributed by atoms with van der Waals surface area (Å²) < 4.78 is 39.7. The van der Waals surface area contributed by atoms with E-state index in [2.05, 4.69) is 10.1 Å². The maximum atomic E-state index is 12.7. The third-order valence-electron chi connectivity index (χ3n) is 3.97. The number of methoxy groups -OCH3 is 2. The topological polar surface area (TPSA) is 77.1 Å². The van der Waals surface area contributed by atoms with Crippen molar-refractivity contribution in [1.82, 2.24) is 10.2 Å². The van der Waals surface area contributed by atoms with Crippen molar-refractivity contribution < 1.29 is 32.6 Å². The number of nitrogens with zero attached hydrogens (tertiary/aromatic N) is 1. The fourth-order valence-corrected chi connectivity index (χ4v) is 2.76. The number of halogens is 2. The van der Waals surface area contributed by atoms with Gasteiger partial charge in [-0.1, -0.05) is 18.2 Å². The quantitative estimate of drug-likeness (QED) is 0.746. The molecule has 2 rings (SSSR count). The first kappa shape index (κ1) is 19.6. The summed E-state index contributed by atoms with van der Waals surface area (Å²) in [7, 11) is 2.69. The Morgan fingerprint density at radius 1 is 1.31 bits per heavy atom. The highest BCUT2D eigenvalue weighted by atomic mass is 19.3. The molecule has 1 aromatic carbocycles. The maximum Gasteiger partial charge on any atom is 0.387 e. The third kappa shape index (κ3) is 4.10. The molecule has 0 fully saturated rings. The summed E-state index contributed by atoms with van der Waals surface area (Å²) >= 11 is 0. The van der Waals surface area contributed by atoms with Crippen LogP contribution in [0.4, 0.5) is 13.6 Å². The van der Waals surface area contributed by atoms with Crippen molar-refractivity contribution in [2.75, 3.05) is 27.4 Å². The van der Waals surface area contributed by atoms with Crippen LogP contribution < -0.4 is 10.1 Å². The van der Waals surface area contributed by atoms with Crippen molar-refractivity contribution in [3.63, 3.8) is 0 Å². The molecule has 1 atom stereocenters. The van der Waals surface area contributed by atoms with Gasteiger partial charge in [0.25, 0.3) is 0 Å². The van der Waals surface area contributed by atoms with Gasteiger partial charge in [-0.25, -0.2) is 9.59 Å². The third-order valence-corrected chi connectivity index (χ3v) is 3.97. The van der Waals surface area contributed by atoms with E-state index in [0.29, 0.717) is 5.70 Å². The molecule has 2 amide bonds. The predicted molar refractivity (Wildman–Crippen MR) is 87.6 cm³/mol. The highest BCUT2D eigenvalue weighted by Crippen LogP contribution is 2.36. The molecule has 142 valence electrons. The van der Waals surface area contributed by atoms with E-state index in [1.54, 1.807) is 13.0 Å². The molecule has 0 aromatic heterocycles. The number of rotatable bonds is 7. The minimum Gasteiger partial charge on any atom is -0.466 e. The molecule has 1 N–H and O–H groups in total. The van der Waals surface area contributed by atoms with Crippen LogP contribution in [0.5, 0.6) is 5.75 Å². The van der Waals surface area contributed by atoms with Gasteiger partial charge in [0.15, 0.2) is 0 Å². The van der Waals surface area contributed by atoms with E-state index in [4.69, 9.17) is 9.47 Å². The SMILES string of the molecule is COCCN1C(=O)NC(c2ccccc2OC(F)F)C(C(=O)OC)=C1C. The van der Waals surface area contributed by atoms with Gasteiger partial charge in [0.05, 0.1) is 31.9 Å². The minimum absolute atomic E-state index is 0.132. The summed E-state index contributed by atoms with van der Waals surface area (Å²) in [5.74, 6) is -0.811. The zero-order valence-electron chi connectivity index (χ0n) is 14.6. The van der Waals surface area contributed by atoms with Gasteiger partial charge < -0.3 is 19.5 Å². The highest BCUT2D eigenvalue weighted by molar-refractivity contribution is 5.95. The zero-order valence-corrected chi connectivity index (χ0v) is 14.6. The van der Waals surface area contributed by atoms with Crippen LogP contribution in [-0.4, -0.2) is 50.9 Å². The minimum atomic E-state index is -3.04. The Morgan fingerprint density at radius 2 is 2.00 bits per heavy atom. The summed E-state index contributed by atoms with van der Waals surface area (Å²) in [5, 5.41) is 2.65. The Hall–Kier alpha value is -2.68. The van der Waals surface area contributed by atoms with Gasteiger partial charge >= 0.3 is 18.6 Å². The summed E-state index contributed by atoms with van der Waals surface area (Å²) in [4.78, 5) is 26.1. The van der Waals surface area contributed by atoms with Crippen LogP contribution >= 0.6 is 0 Å². The lowest BCUT2D eigenvalue weighted by Gasteiger charge is -2.35. The van der Waals surface area contributed by atoms with Crippen LogP contribution in [0.2, 0.25) is 0 Å². The van der Waals surface area contributed by atoms with Crippen molar-refractivity contribution in [3.8, 4) is 5.75 Å². The van der Waals surface area contributed by atoms with Crippen LogP contribution in [0, 0.1) is 0 Å². The van der Waals surface area contributed by atoms with E-state index in [1.165, 1.54) is 37.3 Å². The molecule has 0 bridgehead atoms. The van der Waals surface area contributed by atoms with Gasteiger partial charge in [-0.15, -0.1) is 0 Å². The molecule has 26 heavy (non-hydrogen) atoms. The van der Waals surface area contributed by atoms with E-state index in [9.17, 15) is 18.4 Å². The van der Waals surface area contributed by atoms with Gasteiger partial charge in [0, 0.05) is 18.4 Å². The first-order valence-corrected chi connectivity index (χ1v) is 7.80. The van der Waals surface area contributed by atoms with Crippen molar-refractivity contribution >= 4 is 12.0 Å². The molecule has 1 aliphatic heterocycles. The molecule has 0 radical (unpaired) electrons. The molecule has 0 aliphatic carbocycles. The van der Waals surface area contributed by atoms with Crippen molar-refractivity contribution in [2.24, 2.45) is 0 Å². The fourth-order valence-electron chi connectivity index (χ4n) is 2.76. The Balaban J connectivity index is 2.52. The number of nitrogens with one attached hydrogen (secondary N) is 1. The average molecular weight is 370 g/mol. The van der Waals surface area contributed by atoms with E-state index < -0.39 is 24.7 Å². The maximum absolute atomic E-state index is 12.7. The standard InChI is InChI=1S/C17H20F2N2O5/c1-10-13(15(22)25-3)14(20-17(23)21(10)8-9-24-2)11-6-4-5-7-12(11)26-16(18)19/h4-7,14,16H,8-9H2,1-3H3,(H,20,23). The number of esters is 1. The lowest BCUT2D eigenvalue weighted by molar-refractivity contribution is -0.136. The number of hydrogen-bond acceptors (Lipinski definition) is 5. The smallest absolute Gasteiger partial charge is 0.387 e. The molecule has 0 spiro atoms. The van der Waals surface area contributed by atoms with E-state index in [1.807, 2.05) is 0 Å². The first-order chi connectivity index (χ1) is 12.4. The highest BCUT2D eigenvalue weighted by Gasteiger charge is 2.37. The molecular formula is C17H20F2N2O5. The lowest BCUT2D eigenvalue weighted by atomic mass is 9.94. The van der Waals surface area contributed by atoms with Gasteiger partial charge in [0.1, 0.15) is 5.75 Å². The van der Waals surface area contributed by atoms with Gasteiger partial charge in [0.2, 0.25) is 0 Å². The summed E-state index contributed by atoms with van der Waals surface area (Å²) in [6.45, 7) is -0.976. The molecule has 7 nitrogen and oxygen atoms in total. The molecule has 9 heteroatoms. The number of urea groups is 1. The summed E-state index contributed by atoms with van der Waals surface area (Å²) in [6.07, 6.45) is 0. The Labute approximate surface area is 149 Å². The Morgan fingerprint density at radius 3 is 2.62 bits per heavy atom. The molecule has 1 aliphatic rings. The number of carbonyl (C=O) groups is 2. The normalized spacial score (nSPS) is 17.4. The van der Waals surface area contributed by atoms with Crippen LogP contribution in [0.3, 0.4) is 0 Å². The first-order valence-electron chi connectivity index (χ1n) is 7.80. The largest absolute Gasteiger partial charge is 0.466 e. The van der Waals surface area contributed by atoms with Crippen molar-refractivity contribution in [3.05, 3.63) is 41.1 Å². The molecule has 0 saturated carbocycles. The number of para-hydroxylation sites is 1. The number of carbonyl (C=O) groups excluding carboxylic acids is 2. The molecule has 1 aromatic rings. The van der Waals surface area contributed by atoms with Gasteiger partial charge in [-0.05, 0) is 13.0 Å². The van der Waals surface area contributed by atoms with Crippen molar-refractivity contribution in [1.29, 1.82) is 0 Å². The van der Waals surface area contributed by atoms with Crippen molar-refractivity contribution in [2.45, 2.75) is 19.6 Å². The van der Waals surface area contributed by atoms with E-state index in [-0.39, 0.29) is 30.0 Å². The number of alkyl halides is 2. The van der Waals surface area contributed by atoms with Crippen LogP contribution in [0.15, 0.2) is 35.5 Å². The number of hydrogen-bond donors (Lipinski definition) is 1. The van der Waals surface area contributed by atoms with Gasteiger partial charge in [-0.3, -0.25) is 4.90 Å². The number of ether oxygens (including phenoxy) is 3. The van der Waals surface area contributed by atoms with Crippen LogP contribution in [0.1, 0.15) is 18.5 Å². The molecular weight excluding hydrogens is 350 g/mol. The molecule has 1 heterocycles. The average Bonchev–Trinajstić information content (AvgIpc) is 2.60. The lowest BCUT2D eigenvalue weighted by Crippen LogP contribution is -2.49. The zero-order chi connectivity index (χ0) is 19.3. The Bertz CT molecular complexity index is 708. The number of amides is 2. The van der Waals surface area contributed by atoms with Gasteiger partial charge in [-0.2, -0.15) is 8.78 Å². The predicted octanol–water partition coefficient (Wildman–Crippen LogP) is 2.45. The molecule has 1 unspecified atom stereocenters. The second-order valence-electron chi connectivity index (χ2n) is 5.43. The van der Waals surface area contributed by atoms with E-state index in [0.717, 1.165) is 0 Å². The van der Waals surface area contributed by atoms with E-state index >= 15 is 0 Å². The second-order valence-corrected chi connectivity index (χ2v) is 5.43. The number of benzene rings is 1. The van der Waals surface area contributed by atoms with Crippen LogP contribution in [-0.2, 0) is 14.3 Å². The summed E-state index contributed by atoms with van der Waals surface area (Å²) in [5.41, 5.74) is 0.718. The Kier molecular flexibility index (Phi) is 6.51. The van der Waals surface area contributed by atoms with Crippen LogP contribution in [0.25, 0.3) is 0 Å². The number of allylic oxidation sites excluding steroid dienone is 1. The molecule has 0 saturated heterocycles.